The summed E-state index contributed by atoms with van der Waals surface area (Å²) in [4.78, 5) is 0. The summed E-state index contributed by atoms with van der Waals surface area (Å²) in [5.74, 6) is 0. The molecule has 0 nitrogen and oxygen atoms in total. The second-order valence-electron chi connectivity index (χ2n) is 5.07. The van der Waals surface area contributed by atoms with E-state index in [1.54, 1.807) is 0 Å². The van der Waals surface area contributed by atoms with Crippen molar-refractivity contribution >= 4 is 49.7 Å². The topological polar surface area (TPSA) is 0 Å². The number of rotatable bonds is 3. The van der Waals surface area contributed by atoms with Crippen LogP contribution in [0.4, 0.5) is 0 Å². The molecule has 3 aromatic carbocycles. The van der Waals surface area contributed by atoms with Gasteiger partial charge in [0.25, 0.3) is 0 Å². The maximum Gasteiger partial charge on any atom is -0.0184 e. The van der Waals surface area contributed by atoms with Crippen molar-refractivity contribution in [3.8, 4) is 22.3 Å². The van der Waals surface area contributed by atoms with Crippen molar-refractivity contribution < 1.29 is 0 Å². The third-order valence-corrected chi connectivity index (χ3v) is 24.7. The predicted octanol–water partition coefficient (Wildman–Crippen LogP) is 8.05. The molecule has 24 heavy (non-hydrogen) atoms. The number of hydrogen-bond donors (Lipinski definition) is 0. The van der Waals surface area contributed by atoms with Crippen LogP contribution in [0.1, 0.15) is 0 Å². The van der Waals surface area contributed by atoms with Gasteiger partial charge in [0, 0.05) is 0 Å². The molecule has 3 rings (SSSR count). The molecule has 0 aliphatic rings. The van der Waals surface area contributed by atoms with Crippen LogP contribution in [0.3, 0.4) is 0 Å². The maximum atomic E-state index is 2.79. The fourth-order valence-corrected chi connectivity index (χ4v) is 2.12. The van der Waals surface area contributed by atoms with E-state index in [0.29, 0.717) is 0 Å². The van der Waals surface area contributed by atoms with Crippen molar-refractivity contribution in [2.24, 2.45) is 0 Å². The first kappa shape index (κ1) is 20.6. The Bertz CT molecular complexity index is 647. The lowest BCUT2D eigenvalue weighted by molar-refractivity contribution is 1.59. The molecule has 0 saturated carbocycles. The Morgan fingerprint density at radius 3 is 0.875 bits per heavy atom. The van der Waals surface area contributed by atoms with E-state index in [4.69, 9.17) is 0 Å². The van der Waals surface area contributed by atoms with Gasteiger partial charge in [-0.15, -0.1) is 35.7 Å². The normalized spacial score (nSPS) is 10.4. The number of benzene rings is 3. The molecule has 4 atom stereocenters. The summed E-state index contributed by atoms with van der Waals surface area (Å²) in [6.45, 7) is 0.329. The fourth-order valence-electron chi connectivity index (χ4n) is 2.12. The SMILES string of the molecule is PP(P)P(P)P.c1ccc(-c2ccc(-c3ccccc3)cc2)cc1. The molecule has 0 aliphatic heterocycles. The molecule has 0 aliphatic carbocycles. The fraction of sp³-hybridized carbons (Fsp3) is 0. The molecule has 4 unspecified atom stereocenters. The van der Waals surface area contributed by atoms with Crippen LogP contribution in [0.5, 0.6) is 0 Å². The molecule has 0 bridgehead atoms. The molecule has 0 saturated heterocycles. The second kappa shape index (κ2) is 11.1. The quantitative estimate of drug-likeness (QED) is 0.373. The molecule has 0 N–H and O–H groups in total. The first-order valence-corrected chi connectivity index (χ1v) is 17.2. The molecule has 124 valence electrons. The third kappa shape index (κ3) is 6.86. The van der Waals surface area contributed by atoms with Gasteiger partial charge < -0.3 is 0 Å². The highest BCUT2D eigenvalue weighted by Gasteiger charge is 1.99. The molecule has 0 aromatic heterocycles. The molecule has 0 radical (unpaired) electrons. The van der Waals surface area contributed by atoms with Crippen molar-refractivity contribution in [1.82, 2.24) is 0 Å². The van der Waals surface area contributed by atoms with Crippen molar-refractivity contribution in [2.75, 3.05) is 0 Å². The van der Waals surface area contributed by atoms with Gasteiger partial charge >= 0.3 is 0 Å². The van der Waals surface area contributed by atoms with Gasteiger partial charge in [0.05, 0.1) is 0 Å². The molecule has 6 heteroatoms. The lowest BCUT2D eigenvalue weighted by Crippen LogP contribution is -1.79. The van der Waals surface area contributed by atoms with Crippen LogP contribution in [0.2, 0.25) is 0 Å². The largest absolute Gasteiger partial charge is 0.102 e. The molecule has 0 fully saturated rings. The summed E-state index contributed by atoms with van der Waals surface area (Å²) >= 11 is 0. The van der Waals surface area contributed by atoms with Crippen LogP contribution in [0.15, 0.2) is 84.9 Å². The Labute approximate surface area is 156 Å². The van der Waals surface area contributed by atoms with Crippen molar-refractivity contribution in [3.05, 3.63) is 84.9 Å². The second-order valence-corrected chi connectivity index (χ2v) is 24.8. The molecule has 3 aromatic rings. The summed E-state index contributed by atoms with van der Waals surface area (Å²) in [6.07, 6.45) is 0. The van der Waals surface area contributed by atoms with Crippen LogP contribution in [-0.2, 0) is 0 Å². The summed E-state index contributed by atoms with van der Waals surface area (Å²) in [5.41, 5.74) is 5.04. The van der Waals surface area contributed by atoms with E-state index in [1.807, 2.05) is 12.1 Å². The van der Waals surface area contributed by atoms with Gasteiger partial charge in [0.1, 0.15) is 0 Å². The minimum Gasteiger partial charge on any atom is -0.102 e. The van der Waals surface area contributed by atoms with Gasteiger partial charge in [-0.2, -0.15) is 0 Å². The standard InChI is InChI=1S/C18H14.H8P6/c1-3-7-15(8-4-1)17-11-13-18(14-12-17)16-9-5-2-6-10-16;1-5(2)6(3)4/h1-14H;1-4H2. The van der Waals surface area contributed by atoms with Gasteiger partial charge in [0.2, 0.25) is 0 Å². The molecule has 0 amide bonds. The Balaban J connectivity index is 0.000000301. The van der Waals surface area contributed by atoms with Crippen LogP contribution < -0.4 is 0 Å². The monoisotopic (exact) mass is 424 g/mol. The smallest absolute Gasteiger partial charge is 0.0184 e. The molecular formula is C18H22P6. The summed E-state index contributed by atoms with van der Waals surface area (Å²) in [6, 6.07) is 29.6. The average molecular weight is 424 g/mol. The maximum absolute atomic E-state index is 2.79. The summed E-state index contributed by atoms with van der Waals surface area (Å²) in [5, 5.41) is 0. The lowest BCUT2D eigenvalue weighted by atomic mass is 10.0. The van der Waals surface area contributed by atoms with Crippen molar-refractivity contribution in [2.45, 2.75) is 0 Å². The summed E-state index contributed by atoms with van der Waals surface area (Å²) in [7, 11) is 11.2. The van der Waals surface area contributed by atoms with E-state index in [9.17, 15) is 0 Å². The highest BCUT2D eigenvalue weighted by atomic mass is 33.0. The first-order valence-electron chi connectivity index (χ1n) is 7.38. The van der Waals surface area contributed by atoms with Crippen LogP contribution in [0, 0.1) is 0 Å². The van der Waals surface area contributed by atoms with Crippen molar-refractivity contribution in [3.63, 3.8) is 0 Å². The summed E-state index contributed by atoms with van der Waals surface area (Å²) < 4.78 is 0. The Hall–Kier alpha value is 0.240. The van der Waals surface area contributed by atoms with Gasteiger partial charge in [-0.1, -0.05) is 84.9 Å². The van der Waals surface area contributed by atoms with Gasteiger partial charge in [0.15, 0.2) is 0 Å². The molecule has 0 spiro atoms. The van der Waals surface area contributed by atoms with Crippen LogP contribution in [0.25, 0.3) is 22.3 Å². The van der Waals surface area contributed by atoms with E-state index < -0.39 is 0 Å². The van der Waals surface area contributed by atoms with Gasteiger partial charge in [-0.25, -0.2) is 0 Å². The zero-order chi connectivity index (χ0) is 17.4. The molecule has 0 heterocycles. The predicted molar refractivity (Wildman–Crippen MR) is 130 cm³/mol. The van der Waals surface area contributed by atoms with E-state index in [2.05, 4.69) is 109 Å². The van der Waals surface area contributed by atoms with Crippen LogP contribution in [-0.4, -0.2) is 0 Å². The minimum atomic E-state index is 0.165. The van der Waals surface area contributed by atoms with Gasteiger partial charge in [-0.3, -0.25) is 0 Å². The average Bonchev–Trinajstić information content (AvgIpc) is 2.64. The minimum absolute atomic E-state index is 0.165. The van der Waals surface area contributed by atoms with Gasteiger partial charge in [-0.05, 0) is 36.2 Å². The van der Waals surface area contributed by atoms with E-state index in [-0.39, 0.29) is 14.0 Å². The zero-order valence-electron chi connectivity index (χ0n) is 13.3. The van der Waals surface area contributed by atoms with E-state index >= 15 is 0 Å². The lowest BCUT2D eigenvalue weighted by Gasteiger charge is -2.06. The first-order chi connectivity index (χ1) is 11.6. The third-order valence-electron chi connectivity index (χ3n) is 3.37. The molecular weight excluding hydrogens is 402 g/mol. The number of hydrogen-bond acceptors (Lipinski definition) is 0. The zero-order valence-corrected chi connectivity index (χ0v) is 19.7. The van der Waals surface area contributed by atoms with E-state index in [0.717, 1.165) is 0 Å². The van der Waals surface area contributed by atoms with Crippen LogP contribution >= 0.6 is 49.7 Å². The van der Waals surface area contributed by atoms with Crippen molar-refractivity contribution in [1.29, 1.82) is 0 Å². The Morgan fingerprint density at radius 2 is 0.625 bits per heavy atom. The Morgan fingerprint density at radius 1 is 0.375 bits per heavy atom. The Kier molecular flexibility index (Phi) is 9.47. The highest BCUT2D eigenvalue weighted by Crippen LogP contribution is 2.86. The highest BCUT2D eigenvalue weighted by molar-refractivity contribution is 8.92. The van der Waals surface area contributed by atoms with E-state index in [1.165, 1.54) is 22.3 Å².